The van der Waals surface area contributed by atoms with Crippen LogP contribution < -0.4 is 9.47 Å². The number of aromatic hydroxyl groups is 1. The molecule has 0 saturated carbocycles. The van der Waals surface area contributed by atoms with Crippen molar-refractivity contribution in [1.29, 1.82) is 0 Å². The molecule has 0 bridgehead atoms. The summed E-state index contributed by atoms with van der Waals surface area (Å²) in [4.78, 5) is 24.2. The summed E-state index contributed by atoms with van der Waals surface area (Å²) < 4.78 is 9.95. The molecule has 0 atom stereocenters. The third-order valence-corrected chi connectivity index (χ3v) is 2.68. The summed E-state index contributed by atoms with van der Waals surface area (Å²) in [5.41, 5.74) is -0.0519. The zero-order chi connectivity index (χ0) is 16.2. The van der Waals surface area contributed by atoms with Gasteiger partial charge in [-0.2, -0.15) is 0 Å². The third-order valence-electron chi connectivity index (χ3n) is 2.68. The average Bonchev–Trinajstić information content (AvgIpc) is 2.44. The van der Waals surface area contributed by atoms with E-state index in [1.807, 2.05) is 0 Å². The minimum atomic E-state index is -1.35. The first-order valence-electron chi connectivity index (χ1n) is 5.93. The van der Waals surface area contributed by atoms with Crippen molar-refractivity contribution < 1.29 is 29.3 Å². The Balaban J connectivity index is 3.40. The van der Waals surface area contributed by atoms with Crippen molar-refractivity contribution in [2.24, 2.45) is 0 Å². The highest BCUT2D eigenvalue weighted by Crippen LogP contribution is 2.37. The zero-order valence-corrected chi connectivity index (χ0v) is 12.2. The number of amides is 1. The molecule has 0 aliphatic carbocycles. The number of hydrogen-bond acceptors (Lipinski definition) is 5. The van der Waals surface area contributed by atoms with Gasteiger partial charge in [-0.25, -0.2) is 4.79 Å². The van der Waals surface area contributed by atoms with Crippen LogP contribution in [-0.4, -0.2) is 55.3 Å². The molecule has 2 N–H and O–H groups in total. The van der Waals surface area contributed by atoms with E-state index < -0.39 is 17.4 Å². The molecule has 21 heavy (non-hydrogen) atoms. The highest BCUT2D eigenvalue weighted by Gasteiger charge is 2.20. The van der Waals surface area contributed by atoms with E-state index in [2.05, 4.69) is 0 Å². The first-order valence-corrected chi connectivity index (χ1v) is 5.93. The van der Waals surface area contributed by atoms with Gasteiger partial charge in [0.25, 0.3) is 5.91 Å². The van der Waals surface area contributed by atoms with Crippen molar-refractivity contribution in [2.45, 2.75) is 0 Å². The third kappa shape index (κ3) is 3.65. The molecule has 0 spiro atoms. The van der Waals surface area contributed by atoms with Crippen LogP contribution in [0, 0.1) is 0 Å². The van der Waals surface area contributed by atoms with Gasteiger partial charge >= 0.3 is 5.97 Å². The van der Waals surface area contributed by atoms with Crippen molar-refractivity contribution in [3.8, 4) is 17.2 Å². The average molecular weight is 295 g/mol. The Hall–Kier alpha value is -2.70. The number of phenolic OH excluding ortho intramolecular Hbond substituents is 1. The summed E-state index contributed by atoms with van der Waals surface area (Å²) in [5, 5.41) is 18.9. The Morgan fingerprint density at radius 2 is 1.62 bits per heavy atom. The molecule has 0 unspecified atom stereocenters. The maximum atomic E-state index is 11.8. The molecule has 7 heteroatoms. The maximum absolute atomic E-state index is 11.8. The Kier molecular flexibility index (Phi) is 5.18. The second kappa shape index (κ2) is 6.65. The van der Waals surface area contributed by atoms with Gasteiger partial charge in [-0.3, -0.25) is 4.79 Å². The van der Waals surface area contributed by atoms with Crippen molar-refractivity contribution in [3.05, 3.63) is 23.3 Å². The number of phenols is 1. The Labute approximate surface area is 122 Å². The van der Waals surface area contributed by atoms with Gasteiger partial charge in [0.15, 0.2) is 11.5 Å². The Morgan fingerprint density at radius 3 is 1.95 bits per heavy atom. The van der Waals surface area contributed by atoms with Gasteiger partial charge in [-0.15, -0.1) is 0 Å². The summed E-state index contributed by atoms with van der Waals surface area (Å²) in [6, 6.07) is 2.81. The largest absolute Gasteiger partial charge is 0.502 e. The Morgan fingerprint density at radius 1 is 1.14 bits per heavy atom. The van der Waals surface area contributed by atoms with Gasteiger partial charge in [-0.1, -0.05) is 0 Å². The van der Waals surface area contributed by atoms with Crippen LogP contribution in [0.5, 0.6) is 17.2 Å². The second-order valence-electron chi connectivity index (χ2n) is 4.34. The molecule has 0 aliphatic heterocycles. The lowest BCUT2D eigenvalue weighted by molar-refractivity contribution is -0.136. The first kappa shape index (κ1) is 16.4. The fourth-order valence-corrected chi connectivity index (χ4v) is 1.62. The van der Waals surface area contributed by atoms with E-state index in [9.17, 15) is 14.7 Å². The van der Waals surface area contributed by atoms with Crippen LogP contribution in [0.4, 0.5) is 0 Å². The summed E-state index contributed by atoms with van der Waals surface area (Å²) in [7, 11) is 5.62. The molecule has 1 rings (SSSR count). The molecule has 0 heterocycles. The molecule has 1 aromatic rings. The molecule has 114 valence electrons. The van der Waals surface area contributed by atoms with E-state index in [1.54, 1.807) is 0 Å². The summed E-state index contributed by atoms with van der Waals surface area (Å²) in [6.45, 7) is 0. The number of likely N-dealkylation sites (N-methyl/N-ethyl adjacent to an activating group) is 1. The molecule has 0 aliphatic rings. The number of rotatable bonds is 5. The number of nitrogens with zero attached hydrogens (tertiary/aromatic N) is 1. The monoisotopic (exact) mass is 295 g/mol. The highest BCUT2D eigenvalue weighted by molar-refractivity contribution is 6.19. The number of methoxy groups -OCH3 is 2. The molecule has 0 radical (unpaired) electrons. The highest BCUT2D eigenvalue weighted by atomic mass is 16.5. The van der Waals surface area contributed by atoms with Crippen molar-refractivity contribution in [2.75, 3.05) is 28.3 Å². The smallest absolute Gasteiger partial charge is 0.341 e. The van der Waals surface area contributed by atoms with E-state index in [0.717, 1.165) is 4.90 Å². The van der Waals surface area contributed by atoms with Crippen molar-refractivity contribution in [1.82, 2.24) is 4.90 Å². The lowest BCUT2D eigenvalue weighted by atomic mass is 10.1. The van der Waals surface area contributed by atoms with E-state index in [0.29, 0.717) is 5.56 Å². The van der Waals surface area contributed by atoms with E-state index in [4.69, 9.17) is 14.6 Å². The first-order chi connectivity index (χ1) is 9.81. The van der Waals surface area contributed by atoms with E-state index in [1.165, 1.54) is 46.5 Å². The Bertz CT molecular complexity index is 566. The maximum Gasteiger partial charge on any atom is 0.341 e. The number of hydrogen-bond donors (Lipinski definition) is 2. The molecule has 0 aromatic heterocycles. The fraction of sp³-hybridized carbons (Fsp3) is 0.286. The molecular formula is C14H17NO6. The predicted octanol–water partition coefficient (Wildman–Crippen LogP) is 0.966. The van der Waals surface area contributed by atoms with Crippen molar-refractivity contribution in [3.63, 3.8) is 0 Å². The number of carboxylic acids is 1. The van der Waals surface area contributed by atoms with E-state index in [-0.39, 0.29) is 17.2 Å². The van der Waals surface area contributed by atoms with Crippen LogP contribution in [0.3, 0.4) is 0 Å². The van der Waals surface area contributed by atoms with Gasteiger partial charge in [0, 0.05) is 14.1 Å². The molecular weight excluding hydrogens is 278 g/mol. The number of carbonyl (C=O) groups excluding carboxylic acids is 1. The van der Waals surface area contributed by atoms with E-state index >= 15 is 0 Å². The zero-order valence-electron chi connectivity index (χ0n) is 12.2. The van der Waals surface area contributed by atoms with Crippen LogP contribution >= 0.6 is 0 Å². The number of carboxylic acid groups (broad SMARTS) is 1. The summed E-state index contributed by atoms with van der Waals surface area (Å²) >= 11 is 0. The standard InChI is InChI=1S/C14H17NO6/c1-15(2)13(17)9(14(18)19)5-8-6-10(20-3)12(16)11(7-8)21-4/h5-7,16H,1-4H3,(H,18,19)/b9-5+. The SMILES string of the molecule is COc1cc(/C=C(/C(=O)O)C(=O)N(C)C)cc(OC)c1O. The quantitative estimate of drug-likeness (QED) is 0.477. The normalized spacial score (nSPS) is 11.0. The second-order valence-corrected chi connectivity index (χ2v) is 4.34. The van der Waals surface area contributed by atoms with Gasteiger partial charge in [0.2, 0.25) is 5.75 Å². The van der Waals surface area contributed by atoms with Crippen LogP contribution in [0.1, 0.15) is 5.56 Å². The summed E-state index contributed by atoms with van der Waals surface area (Å²) in [5.74, 6) is -1.97. The lowest BCUT2D eigenvalue weighted by Gasteiger charge is -2.12. The van der Waals surface area contributed by atoms with Crippen LogP contribution in [0.25, 0.3) is 6.08 Å². The van der Waals surface area contributed by atoms with Gasteiger partial charge < -0.3 is 24.6 Å². The molecule has 0 fully saturated rings. The minimum absolute atomic E-state index is 0.114. The number of carbonyl (C=O) groups is 2. The topological polar surface area (TPSA) is 96.3 Å². The molecule has 0 saturated heterocycles. The number of ether oxygens (including phenoxy) is 2. The van der Waals surface area contributed by atoms with Crippen LogP contribution in [-0.2, 0) is 9.59 Å². The van der Waals surface area contributed by atoms with Crippen LogP contribution in [0.2, 0.25) is 0 Å². The lowest BCUT2D eigenvalue weighted by Crippen LogP contribution is -2.27. The van der Waals surface area contributed by atoms with Crippen molar-refractivity contribution >= 4 is 18.0 Å². The summed E-state index contributed by atoms with van der Waals surface area (Å²) in [6.07, 6.45) is 1.19. The number of aliphatic carboxylic acids is 1. The minimum Gasteiger partial charge on any atom is -0.502 e. The van der Waals surface area contributed by atoms with Gasteiger partial charge in [-0.05, 0) is 23.8 Å². The fourth-order valence-electron chi connectivity index (χ4n) is 1.62. The van der Waals surface area contributed by atoms with Gasteiger partial charge in [0.1, 0.15) is 5.57 Å². The van der Waals surface area contributed by atoms with Gasteiger partial charge in [0.05, 0.1) is 14.2 Å². The molecule has 7 nitrogen and oxygen atoms in total. The van der Waals surface area contributed by atoms with Crippen LogP contribution in [0.15, 0.2) is 17.7 Å². The number of benzene rings is 1. The molecule has 1 aromatic carbocycles. The predicted molar refractivity (Wildman–Crippen MR) is 75.5 cm³/mol. The molecule has 1 amide bonds.